The lowest BCUT2D eigenvalue weighted by atomic mass is 10.1. The lowest BCUT2D eigenvalue weighted by Crippen LogP contribution is -2.38. The first-order valence-electron chi connectivity index (χ1n) is 6.93. The van der Waals surface area contributed by atoms with Gasteiger partial charge in [-0.05, 0) is 37.6 Å². The minimum absolute atomic E-state index is 0.264. The quantitative estimate of drug-likeness (QED) is 0.823. The standard InChI is InChI=1S/C15H21NO5/c1-20-10-5-6-14(21-2)11(8-10)13(17)9-16-7-3-4-12(16)15(18)19/h5-6,8,12-13,17H,3-4,7,9H2,1-2H3,(H,18,19). The zero-order chi connectivity index (χ0) is 15.4. The van der Waals surface area contributed by atoms with Crippen molar-refractivity contribution in [3.05, 3.63) is 23.8 Å². The molecule has 21 heavy (non-hydrogen) atoms. The highest BCUT2D eigenvalue weighted by atomic mass is 16.5. The number of aliphatic hydroxyl groups excluding tert-OH is 1. The molecule has 2 unspecified atom stereocenters. The molecule has 1 aromatic carbocycles. The third-order valence-corrected chi connectivity index (χ3v) is 3.85. The number of carboxylic acids is 1. The Hall–Kier alpha value is -1.79. The lowest BCUT2D eigenvalue weighted by molar-refractivity contribution is -0.142. The number of hydrogen-bond donors (Lipinski definition) is 2. The number of aliphatic carboxylic acids is 1. The summed E-state index contributed by atoms with van der Waals surface area (Å²) in [5, 5.41) is 19.6. The Morgan fingerprint density at radius 1 is 1.43 bits per heavy atom. The van der Waals surface area contributed by atoms with Crippen LogP contribution < -0.4 is 9.47 Å². The molecule has 0 bridgehead atoms. The van der Waals surface area contributed by atoms with E-state index < -0.39 is 18.1 Å². The summed E-state index contributed by atoms with van der Waals surface area (Å²) in [7, 11) is 3.09. The van der Waals surface area contributed by atoms with Crippen LogP contribution in [0.4, 0.5) is 0 Å². The number of carboxylic acid groups (broad SMARTS) is 1. The predicted molar refractivity (Wildman–Crippen MR) is 76.7 cm³/mol. The van der Waals surface area contributed by atoms with Crippen LogP contribution in [0, 0.1) is 0 Å². The molecule has 1 saturated heterocycles. The highest BCUT2D eigenvalue weighted by Gasteiger charge is 2.32. The largest absolute Gasteiger partial charge is 0.497 e. The van der Waals surface area contributed by atoms with Crippen molar-refractivity contribution in [3.8, 4) is 11.5 Å². The van der Waals surface area contributed by atoms with Crippen molar-refractivity contribution in [1.82, 2.24) is 4.90 Å². The van der Waals surface area contributed by atoms with Gasteiger partial charge < -0.3 is 19.7 Å². The first kappa shape index (κ1) is 15.6. The van der Waals surface area contributed by atoms with Crippen molar-refractivity contribution >= 4 is 5.97 Å². The third kappa shape index (κ3) is 3.46. The van der Waals surface area contributed by atoms with Crippen molar-refractivity contribution in [2.75, 3.05) is 27.3 Å². The molecular formula is C15H21NO5. The average molecular weight is 295 g/mol. The van der Waals surface area contributed by atoms with Gasteiger partial charge in [-0.1, -0.05) is 0 Å². The topological polar surface area (TPSA) is 79.2 Å². The Labute approximate surface area is 123 Å². The van der Waals surface area contributed by atoms with Crippen molar-refractivity contribution < 1.29 is 24.5 Å². The molecule has 0 amide bonds. The highest BCUT2D eigenvalue weighted by molar-refractivity contribution is 5.73. The van der Waals surface area contributed by atoms with Crippen LogP contribution in [0.5, 0.6) is 11.5 Å². The van der Waals surface area contributed by atoms with Crippen LogP contribution in [-0.2, 0) is 4.79 Å². The second kappa shape index (κ2) is 6.78. The Bertz CT molecular complexity index is 505. The number of benzene rings is 1. The van der Waals surface area contributed by atoms with Crippen LogP contribution in [0.15, 0.2) is 18.2 Å². The fourth-order valence-corrected chi connectivity index (χ4v) is 2.74. The van der Waals surface area contributed by atoms with E-state index in [1.807, 2.05) is 0 Å². The maximum Gasteiger partial charge on any atom is 0.320 e. The minimum atomic E-state index is -0.836. The van der Waals surface area contributed by atoms with Gasteiger partial charge in [-0.2, -0.15) is 0 Å². The van der Waals surface area contributed by atoms with E-state index in [9.17, 15) is 15.0 Å². The van der Waals surface area contributed by atoms with E-state index in [1.165, 1.54) is 7.11 Å². The zero-order valence-electron chi connectivity index (χ0n) is 12.3. The molecule has 6 nitrogen and oxygen atoms in total. The first-order chi connectivity index (χ1) is 10.1. The number of methoxy groups -OCH3 is 2. The molecule has 0 aliphatic carbocycles. The number of ether oxygens (including phenoxy) is 2. The van der Waals surface area contributed by atoms with E-state index in [1.54, 1.807) is 30.2 Å². The van der Waals surface area contributed by atoms with Gasteiger partial charge in [0.25, 0.3) is 0 Å². The van der Waals surface area contributed by atoms with Gasteiger partial charge >= 0.3 is 5.97 Å². The summed E-state index contributed by atoms with van der Waals surface area (Å²) in [5.41, 5.74) is 0.605. The van der Waals surface area contributed by atoms with E-state index in [2.05, 4.69) is 0 Å². The van der Waals surface area contributed by atoms with E-state index in [4.69, 9.17) is 9.47 Å². The number of rotatable bonds is 6. The van der Waals surface area contributed by atoms with E-state index in [0.717, 1.165) is 6.42 Å². The van der Waals surface area contributed by atoms with Crippen LogP contribution in [0.3, 0.4) is 0 Å². The summed E-state index contributed by atoms with van der Waals surface area (Å²) in [6.45, 7) is 0.945. The van der Waals surface area contributed by atoms with Crippen molar-refractivity contribution in [1.29, 1.82) is 0 Å². The molecule has 0 spiro atoms. The number of hydrogen-bond acceptors (Lipinski definition) is 5. The molecule has 1 fully saturated rings. The smallest absolute Gasteiger partial charge is 0.320 e. The second-order valence-electron chi connectivity index (χ2n) is 5.11. The van der Waals surface area contributed by atoms with Gasteiger partial charge in [0.15, 0.2) is 0 Å². The Morgan fingerprint density at radius 3 is 2.81 bits per heavy atom. The fourth-order valence-electron chi connectivity index (χ4n) is 2.74. The Kier molecular flexibility index (Phi) is 5.03. The summed E-state index contributed by atoms with van der Waals surface area (Å²) >= 11 is 0. The van der Waals surface area contributed by atoms with Crippen molar-refractivity contribution in [2.24, 2.45) is 0 Å². The van der Waals surface area contributed by atoms with Gasteiger partial charge in [0, 0.05) is 12.1 Å². The normalized spacial score (nSPS) is 20.2. The molecular weight excluding hydrogens is 274 g/mol. The monoisotopic (exact) mass is 295 g/mol. The summed E-state index contributed by atoms with van der Waals surface area (Å²) in [6, 6.07) is 4.69. The third-order valence-electron chi connectivity index (χ3n) is 3.85. The van der Waals surface area contributed by atoms with Gasteiger partial charge in [-0.15, -0.1) is 0 Å². The van der Waals surface area contributed by atoms with Crippen LogP contribution in [-0.4, -0.2) is 54.4 Å². The van der Waals surface area contributed by atoms with Crippen LogP contribution in [0.1, 0.15) is 24.5 Å². The first-order valence-corrected chi connectivity index (χ1v) is 6.93. The molecule has 0 saturated carbocycles. The highest BCUT2D eigenvalue weighted by Crippen LogP contribution is 2.31. The molecule has 2 atom stereocenters. The maximum atomic E-state index is 11.2. The van der Waals surface area contributed by atoms with Gasteiger partial charge in [-0.25, -0.2) is 0 Å². The maximum absolute atomic E-state index is 11.2. The van der Waals surface area contributed by atoms with E-state index in [-0.39, 0.29) is 6.54 Å². The van der Waals surface area contributed by atoms with Crippen LogP contribution >= 0.6 is 0 Å². The molecule has 0 aromatic heterocycles. The fraction of sp³-hybridized carbons (Fsp3) is 0.533. The number of carbonyl (C=O) groups is 1. The van der Waals surface area contributed by atoms with Gasteiger partial charge in [-0.3, -0.25) is 9.69 Å². The van der Waals surface area contributed by atoms with Crippen LogP contribution in [0.25, 0.3) is 0 Å². The number of aliphatic hydroxyl groups is 1. The minimum Gasteiger partial charge on any atom is -0.497 e. The van der Waals surface area contributed by atoms with Gasteiger partial charge in [0.2, 0.25) is 0 Å². The van der Waals surface area contributed by atoms with E-state index in [0.29, 0.717) is 30.0 Å². The predicted octanol–water partition coefficient (Wildman–Crippen LogP) is 1.29. The molecule has 0 radical (unpaired) electrons. The molecule has 116 valence electrons. The average Bonchev–Trinajstić information content (AvgIpc) is 2.94. The Balaban J connectivity index is 2.15. The zero-order valence-corrected chi connectivity index (χ0v) is 12.3. The number of β-amino-alcohol motifs (C(OH)–C–C–N with tert-alkyl or cyclic N) is 1. The van der Waals surface area contributed by atoms with Gasteiger partial charge in [0.1, 0.15) is 17.5 Å². The summed E-state index contributed by atoms with van der Waals surface area (Å²) in [6.07, 6.45) is 0.631. The Morgan fingerprint density at radius 2 is 2.19 bits per heavy atom. The van der Waals surface area contributed by atoms with Crippen LogP contribution in [0.2, 0.25) is 0 Å². The molecule has 1 aromatic rings. The molecule has 2 rings (SSSR count). The molecule has 1 aliphatic heterocycles. The SMILES string of the molecule is COc1ccc(OC)c(C(O)CN2CCCC2C(=O)O)c1. The molecule has 1 heterocycles. The van der Waals surface area contributed by atoms with Crippen molar-refractivity contribution in [3.63, 3.8) is 0 Å². The van der Waals surface area contributed by atoms with Crippen molar-refractivity contribution in [2.45, 2.75) is 25.0 Å². The molecule has 6 heteroatoms. The number of nitrogens with zero attached hydrogens (tertiary/aromatic N) is 1. The van der Waals surface area contributed by atoms with Gasteiger partial charge in [0.05, 0.1) is 20.3 Å². The summed E-state index contributed by atoms with van der Waals surface area (Å²) < 4.78 is 10.4. The van der Waals surface area contributed by atoms with E-state index >= 15 is 0 Å². The summed E-state index contributed by atoms with van der Waals surface area (Å²) in [5.74, 6) is 0.354. The second-order valence-corrected chi connectivity index (χ2v) is 5.11. The molecule has 2 N–H and O–H groups in total. The molecule has 1 aliphatic rings. The lowest BCUT2D eigenvalue weighted by Gasteiger charge is -2.25. The summed E-state index contributed by atoms with van der Waals surface area (Å²) in [4.78, 5) is 13.0. The number of likely N-dealkylation sites (tertiary alicyclic amines) is 1.